The van der Waals surface area contributed by atoms with Crippen LogP contribution in [0.1, 0.15) is 23.0 Å². The van der Waals surface area contributed by atoms with Crippen LogP contribution in [0.25, 0.3) is 6.08 Å². The van der Waals surface area contributed by atoms with Crippen LogP contribution in [0.4, 0.5) is 0 Å². The van der Waals surface area contributed by atoms with Crippen molar-refractivity contribution in [2.45, 2.75) is 13.5 Å². The Hall–Kier alpha value is -1.29. The number of allylic oxidation sites excluding steroid dienone is 1. The average Bonchev–Trinajstić information content (AvgIpc) is 2.79. The molecule has 0 N–H and O–H groups in total. The number of nitrogens with zero attached hydrogens (tertiary/aromatic N) is 2. The van der Waals surface area contributed by atoms with Crippen LogP contribution >= 0.6 is 34.8 Å². The van der Waals surface area contributed by atoms with Crippen molar-refractivity contribution >= 4 is 46.7 Å². The van der Waals surface area contributed by atoms with E-state index < -0.39 is 0 Å². The molecule has 0 aliphatic carbocycles. The quantitative estimate of drug-likeness (QED) is 0.599. The molecule has 0 saturated carbocycles. The van der Waals surface area contributed by atoms with Crippen LogP contribution in [-0.4, -0.2) is 15.6 Å². The number of rotatable bonds is 4. The number of benzene rings is 1. The maximum Gasteiger partial charge on any atom is 0.185 e. The maximum absolute atomic E-state index is 12.0. The van der Waals surface area contributed by atoms with Crippen molar-refractivity contribution in [2.75, 3.05) is 0 Å². The molecular weight excluding hydrogens is 319 g/mol. The molecule has 6 heteroatoms. The molecule has 0 amide bonds. The van der Waals surface area contributed by atoms with E-state index in [1.807, 2.05) is 6.92 Å². The lowest BCUT2D eigenvalue weighted by atomic mass is 10.1. The fourth-order valence-corrected chi connectivity index (χ4v) is 2.10. The predicted octanol–water partition coefficient (Wildman–Crippen LogP) is 4.76. The van der Waals surface area contributed by atoms with E-state index in [1.54, 1.807) is 29.1 Å². The van der Waals surface area contributed by atoms with E-state index in [1.165, 1.54) is 12.1 Å². The van der Waals surface area contributed by atoms with Gasteiger partial charge in [0.1, 0.15) is 5.69 Å². The third-order valence-electron chi connectivity index (χ3n) is 2.66. The lowest BCUT2D eigenvalue weighted by Gasteiger charge is -1.98. The smallest absolute Gasteiger partial charge is 0.185 e. The second-order valence-corrected chi connectivity index (χ2v) is 5.27. The molecule has 0 spiro atoms. The number of carbonyl (C=O) groups is 1. The minimum absolute atomic E-state index is 0.189. The van der Waals surface area contributed by atoms with Gasteiger partial charge in [0.25, 0.3) is 0 Å². The maximum atomic E-state index is 12.0. The molecule has 0 unspecified atom stereocenters. The van der Waals surface area contributed by atoms with Gasteiger partial charge >= 0.3 is 0 Å². The molecule has 0 saturated heterocycles. The van der Waals surface area contributed by atoms with Crippen LogP contribution in [0.3, 0.4) is 0 Å². The molecule has 20 heavy (non-hydrogen) atoms. The first-order valence-electron chi connectivity index (χ1n) is 5.91. The highest BCUT2D eigenvalue weighted by Crippen LogP contribution is 2.23. The van der Waals surface area contributed by atoms with Gasteiger partial charge in [-0.1, -0.05) is 34.8 Å². The number of halogens is 3. The van der Waals surface area contributed by atoms with Crippen LogP contribution in [-0.2, 0) is 6.54 Å². The third kappa shape index (κ3) is 3.42. The van der Waals surface area contributed by atoms with Gasteiger partial charge in [-0.05, 0) is 37.3 Å². The average molecular weight is 330 g/mol. The first kappa shape index (κ1) is 15.1. The Morgan fingerprint density at radius 1 is 1.25 bits per heavy atom. The van der Waals surface area contributed by atoms with E-state index >= 15 is 0 Å². The van der Waals surface area contributed by atoms with Crippen LogP contribution in [0, 0.1) is 0 Å². The summed E-state index contributed by atoms with van der Waals surface area (Å²) in [6.45, 7) is 2.67. The summed E-state index contributed by atoms with van der Waals surface area (Å²) >= 11 is 17.7. The van der Waals surface area contributed by atoms with Crippen LogP contribution in [0.15, 0.2) is 30.5 Å². The minimum Gasteiger partial charge on any atom is -0.289 e. The Morgan fingerprint density at radius 2 is 2.00 bits per heavy atom. The Balaban J connectivity index is 2.19. The molecule has 2 rings (SSSR count). The van der Waals surface area contributed by atoms with E-state index in [2.05, 4.69) is 5.10 Å². The second-order valence-electron chi connectivity index (χ2n) is 4.04. The zero-order valence-corrected chi connectivity index (χ0v) is 12.9. The molecule has 1 heterocycles. The van der Waals surface area contributed by atoms with Crippen LogP contribution in [0.2, 0.25) is 15.1 Å². The Kier molecular flexibility index (Phi) is 4.86. The number of aromatic nitrogens is 2. The lowest BCUT2D eigenvalue weighted by molar-refractivity contribution is 0.104. The lowest BCUT2D eigenvalue weighted by Crippen LogP contribution is -1.95. The van der Waals surface area contributed by atoms with E-state index in [0.29, 0.717) is 32.9 Å². The van der Waals surface area contributed by atoms with Gasteiger partial charge in [-0.15, -0.1) is 0 Å². The fourth-order valence-electron chi connectivity index (χ4n) is 1.59. The van der Waals surface area contributed by atoms with E-state index in [0.717, 1.165) is 0 Å². The number of carbonyl (C=O) groups excluding carboxylic acids is 1. The topological polar surface area (TPSA) is 34.9 Å². The summed E-state index contributed by atoms with van der Waals surface area (Å²) in [6.07, 6.45) is 4.71. The molecule has 0 bridgehead atoms. The van der Waals surface area contributed by atoms with Crippen molar-refractivity contribution in [1.29, 1.82) is 0 Å². The van der Waals surface area contributed by atoms with Crippen molar-refractivity contribution in [1.82, 2.24) is 9.78 Å². The summed E-state index contributed by atoms with van der Waals surface area (Å²) in [5, 5.41) is 5.49. The monoisotopic (exact) mass is 328 g/mol. The van der Waals surface area contributed by atoms with E-state index in [9.17, 15) is 4.79 Å². The van der Waals surface area contributed by atoms with Gasteiger partial charge in [0.2, 0.25) is 0 Å². The molecule has 0 atom stereocenters. The zero-order chi connectivity index (χ0) is 14.7. The van der Waals surface area contributed by atoms with Gasteiger partial charge in [-0.3, -0.25) is 9.48 Å². The molecule has 0 radical (unpaired) electrons. The predicted molar refractivity (Wildman–Crippen MR) is 82.7 cm³/mol. The highest BCUT2D eigenvalue weighted by Gasteiger charge is 2.07. The molecule has 1 aromatic carbocycles. The molecular formula is C14H11Cl3N2O. The number of ketones is 1. The molecule has 0 aliphatic rings. The van der Waals surface area contributed by atoms with Gasteiger partial charge in [-0.25, -0.2) is 0 Å². The van der Waals surface area contributed by atoms with Gasteiger partial charge < -0.3 is 0 Å². The number of hydrogen-bond acceptors (Lipinski definition) is 2. The molecule has 3 nitrogen and oxygen atoms in total. The normalized spacial score (nSPS) is 11.2. The molecule has 104 valence electrons. The van der Waals surface area contributed by atoms with Crippen LogP contribution in [0.5, 0.6) is 0 Å². The fraction of sp³-hybridized carbons (Fsp3) is 0.143. The largest absolute Gasteiger partial charge is 0.289 e. The van der Waals surface area contributed by atoms with Crippen molar-refractivity contribution < 1.29 is 4.79 Å². The van der Waals surface area contributed by atoms with Gasteiger partial charge in [0.15, 0.2) is 5.78 Å². The molecule has 2 aromatic rings. The SMILES string of the molecule is CCn1cc(Cl)c(/C=C/C(=O)c2ccc(Cl)c(Cl)c2)n1. The van der Waals surface area contributed by atoms with Gasteiger partial charge in [-0.2, -0.15) is 5.10 Å². The third-order valence-corrected chi connectivity index (χ3v) is 3.69. The highest BCUT2D eigenvalue weighted by atomic mass is 35.5. The Morgan fingerprint density at radius 3 is 2.60 bits per heavy atom. The van der Waals surface area contributed by atoms with Gasteiger partial charge in [0, 0.05) is 18.3 Å². The van der Waals surface area contributed by atoms with E-state index in [4.69, 9.17) is 34.8 Å². The van der Waals surface area contributed by atoms with Crippen molar-refractivity contribution in [3.63, 3.8) is 0 Å². The second kappa shape index (κ2) is 6.44. The summed E-state index contributed by atoms with van der Waals surface area (Å²) in [4.78, 5) is 12.0. The van der Waals surface area contributed by atoms with Crippen molar-refractivity contribution in [3.05, 3.63) is 56.8 Å². The summed E-state index contributed by atoms with van der Waals surface area (Å²) in [5.41, 5.74) is 1.02. The van der Waals surface area contributed by atoms with E-state index in [-0.39, 0.29) is 5.78 Å². The van der Waals surface area contributed by atoms with Crippen LogP contribution < -0.4 is 0 Å². The summed E-state index contributed by atoms with van der Waals surface area (Å²) in [6, 6.07) is 4.74. The standard InChI is InChI=1S/C14H11Cl3N2O/c1-2-19-8-12(17)13(18-19)5-6-14(20)9-3-4-10(15)11(16)7-9/h3-8H,2H2,1H3/b6-5+. The van der Waals surface area contributed by atoms with Crippen molar-refractivity contribution in [3.8, 4) is 0 Å². The summed E-state index contributed by atoms with van der Waals surface area (Å²) in [5.74, 6) is -0.189. The summed E-state index contributed by atoms with van der Waals surface area (Å²) < 4.78 is 1.70. The first-order valence-corrected chi connectivity index (χ1v) is 7.05. The van der Waals surface area contributed by atoms with Gasteiger partial charge in [0.05, 0.1) is 15.1 Å². The Labute approximate surface area is 131 Å². The number of aryl methyl sites for hydroxylation is 1. The van der Waals surface area contributed by atoms with Crippen molar-refractivity contribution in [2.24, 2.45) is 0 Å². The molecule has 0 aliphatic heterocycles. The highest BCUT2D eigenvalue weighted by molar-refractivity contribution is 6.42. The summed E-state index contributed by atoms with van der Waals surface area (Å²) in [7, 11) is 0. The molecule has 1 aromatic heterocycles. The zero-order valence-electron chi connectivity index (χ0n) is 10.6. The number of hydrogen-bond donors (Lipinski definition) is 0. The Bertz CT molecular complexity index is 677. The molecule has 0 fully saturated rings. The first-order chi connectivity index (χ1) is 9.51. The minimum atomic E-state index is -0.189.